The number of ether oxygens (including phenoxy) is 1. The van der Waals surface area contributed by atoms with Gasteiger partial charge in [0.05, 0.1) is 19.5 Å². The summed E-state index contributed by atoms with van der Waals surface area (Å²) in [5.74, 6) is 0.925. The SMILES string of the molecule is NC(Cc1ccco1)c1ccc2c(c1)COC2. The zero-order valence-electron chi connectivity index (χ0n) is 9.56. The van der Waals surface area contributed by atoms with Crippen LogP contribution in [0.3, 0.4) is 0 Å². The second-order valence-electron chi connectivity index (χ2n) is 4.41. The number of hydrogen-bond donors (Lipinski definition) is 1. The summed E-state index contributed by atoms with van der Waals surface area (Å²) in [6.45, 7) is 1.43. The molecule has 17 heavy (non-hydrogen) atoms. The van der Waals surface area contributed by atoms with Crippen molar-refractivity contribution in [2.45, 2.75) is 25.7 Å². The van der Waals surface area contributed by atoms with E-state index in [1.165, 1.54) is 11.1 Å². The van der Waals surface area contributed by atoms with Crippen LogP contribution in [0.2, 0.25) is 0 Å². The molecule has 0 aliphatic carbocycles. The van der Waals surface area contributed by atoms with Crippen LogP contribution in [-0.2, 0) is 24.4 Å². The molecule has 2 heterocycles. The van der Waals surface area contributed by atoms with E-state index in [2.05, 4.69) is 18.2 Å². The number of rotatable bonds is 3. The molecule has 3 rings (SSSR count). The van der Waals surface area contributed by atoms with E-state index >= 15 is 0 Å². The predicted octanol–water partition coefficient (Wildman–Crippen LogP) is 2.55. The van der Waals surface area contributed by atoms with Crippen LogP contribution in [0, 0.1) is 0 Å². The minimum absolute atomic E-state index is 0.0213. The van der Waals surface area contributed by atoms with E-state index in [9.17, 15) is 0 Å². The van der Waals surface area contributed by atoms with Crippen LogP contribution in [-0.4, -0.2) is 0 Å². The lowest BCUT2D eigenvalue weighted by Gasteiger charge is -2.11. The van der Waals surface area contributed by atoms with Gasteiger partial charge >= 0.3 is 0 Å². The summed E-state index contributed by atoms with van der Waals surface area (Å²) in [6.07, 6.45) is 2.41. The van der Waals surface area contributed by atoms with Crippen LogP contribution in [0.4, 0.5) is 0 Å². The van der Waals surface area contributed by atoms with E-state index in [0.717, 1.165) is 24.4 Å². The van der Waals surface area contributed by atoms with Gasteiger partial charge in [0.15, 0.2) is 0 Å². The summed E-state index contributed by atoms with van der Waals surface area (Å²) in [5, 5.41) is 0. The molecule has 0 amide bonds. The predicted molar refractivity (Wildman–Crippen MR) is 64.3 cm³/mol. The molecule has 2 aromatic rings. The lowest BCUT2D eigenvalue weighted by molar-refractivity contribution is 0.134. The Balaban J connectivity index is 1.79. The maximum Gasteiger partial charge on any atom is 0.105 e. The van der Waals surface area contributed by atoms with Gasteiger partial charge in [-0.15, -0.1) is 0 Å². The van der Waals surface area contributed by atoms with E-state index in [1.54, 1.807) is 6.26 Å². The lowest BCUT2D eigenvalue weighted by atomic mass is 9.99. The van der Waals surface area contributed by atoms with Crippen LogP contribution in [0.25, 0.3) is 0 Å². The molecule has 1 aliphatic heterocycles. The van der Waals surface area contributed by atoms with Crippen LogP contribution < -0.4 is 5.73 Å². The standard InChI is InChI=1S/C14H15NO2/c15-14(7-13-2-1-5-17-13)10-3-4-11-8-16-9-12(11)6-10/h1-6,14H,7-9,15H2. The first-order chi connectivity index (χ1) is 8.33. The third-order valence-corrected chi connectivity index (χ3v) is 3.17. The van der Waals surface area contributed by atoms with Crippen molar-refractivity contribution >= 4 is 0 Å². The zero-order valence-corrected chi connectivity index (χ0v) is 9.56. The largest absolute Gasteiger partial charge is 0.469 e. The Kier molecular flexibility index (Phi) is 2.71. The van der Waals surface area contributed by atoms with E-state index in [0.29, 0.717) is 6.61 Å². The van der Waals surface area contributed by atoms with Gasteiger partial charge in [-0.25, -0.2) is 0 Å². The first kappa shape index (κ1) is 10.6. The average molecular weight is 229 g/mol. The first-order valence-corrected chi connectivity index (χ1v) is 5.80. The molecule has 0 bridgehead atoms. The molecular weight excluding hydrogens is 214 g/mol. The van der Waals surface area contributed by atoms with Crippen molar-refractivity contribution in [3.8, 4) is 0 Å². The summed E-state index contributed by atoms with van der Waals surface area (Å²) >= 11 is 0. The van der Waals surface area contributed by atoms with Crippen LogP contribution in [0.1, 0.15) is 28.5 Å². The third-order valence-electron chi connectivity index (χ3n) is 3.17. The number of fused-ring (bicyclic) bond motifs is 1. The molecule has 88 valence electrons. The normalized spacial score (nSPS) is 15.8. The molecule has 1 aromatic carbocycles. The molecule has 2 N–H and O–H groups in total. The molecule has 3 heteroatoms. The molecule has 1 aliphatic rings. The summed E-state index contributed by atoms with van der Waals surface area (Å²) in [5.41, 5.74) is 9.86. The molecule has 1 atom stereocenters. The Hall–Kier alpha value is -1.58. The van der Waals surface area contributed by atoms with Crippen molar-refractivity contribution in [3.63, 3.8) is 0 Å². The summed E-state index contributed by atoms with van der Waals surface area (Å²) < 4.78 is 10.7. The van der Waals surface area contributed by atoms with Gasteiger partial charge in [0.1, 0.15) is 5.76 Å². The van der Waals surface area contributed by atoms with E-state index in [1.807, 2.05) is 12.1 Å². The topological polar surface area (TPSA) is 48.4 Å². The summed E-state index contributed by atoms with van der Waals surface area (Å²) in [7, 11) is 0. The quantitative estimate of drug-likeness (QED) is 0.879. The average Bonchev–Trinajstić information content (AvgIpc) is 2.97. The minimum Gasteiger partial charge on any atom is -0.469 e. The van der Waals surface area contributed by atoms with Gasteiger partial charge in [0.25, 0.3) is 0 Å². The molecule has 0 saturated heterocycles. The monoisotopic (exact) mass is 229 g/mol. The number of furan rings is 1. The van der Waals surface area contributed by atoms with Crippen molar-refractivity contribution in [2.75, 3.05) is 0 Å². The minimum atomic E-state index is -0.0213. The molecule has 1 aromatic heterocycles. The maximum atomic E-state index is 6.18. The van der Waals surface area contributed by atoms with Gasteiger partial charge in [-0.3, -0.25) is 0 Å². The van der Waals surface area contributed by atoms with Gasteiger partial charge in [-0.05, 0) is 28.8 Å². The molecule has 0 fully saturated rings. The smallest absolute Gasteiger partial charge is 0.105 e. The zero-order chi connectivity index (χ0) is 11.7. The number of nitrogens with two attached hydrogens (primary N) is 1. The lowest BCUT2D eigenvalue weighted by Crippen LogP contribution is -2.13. The maximum absolute atomic E-state index is 6.18. The Bertz CT molecular complexity index is 505. The van der Waals surface area contributed by atoms with Crippen molar-refractivity contribution in [1.82, 2.24) is 0 Å². The highest BCUT2D eigenvalue weighted by atomic mass is 16.5. The van der Waals surface area contributed by atoms with E-state index in [-0.39, 0.29) is 6.04 Å². The fourth-order valence-corrected chi connectivity index (χ4v) is 2.19. The second kappa shape index (κ2) is 4.35. The molecule has 0 radical (unpaired) electrons. The Labute approximate surface area is 100 Å². The van der Waals surface area contributed by atoms with Gasteiger partial charge in [-0.1, -0.05) is 18.2 Å². The molecular formula is C14H15NO2. The number of benzene rings is 1. The fourth-order valence-electron chi connectivity index (χ4n) is 2.19. The van der Waals surface area contributed by atoms with Gasteiger partial charge in [0.2, 0.25) is 0 Å². The Morgan fingerprint density at radius 1 is 1.18 bits per heavy atom. The Morgan fingerprint density at radius 2 is 2.06 bits per heavy atom. The highest BCUT2D eigenvalue weighted by Gasteiger charge is 2.15. The van der Waals surface area contributed by atoms with Crippen LogP contribution >= 0.6 is 0 Å². The van der Waals surface area contributed by atoms with Crippen LogP contribution in [0.15, 0.2) is 41.0 Å². The molecule has 3 nitrogen and oxygen atoms in total. The first-order valence-electron chi connectivity index (χ1n) is 5.80. The van der Waals surface area contributed by atoms with Gasteiger partial charge in [0, 0.05) is 12.5 Å². The van der Waals surface area contributed by atoms with Crippen LogP contribution in [0.5, 0.6) is 0 Å². The highest BCUT2D eigenvalue weighted by Crippen LogP contribution is 2.24. The molecule has 0 saturated carbocycles. The Morgan fingerprint density at radius 3 is 2.88 bits per heavy atom. The molecule has 0 spiro atoms. The van der Waals surface area contributed by atoms with Crippen molar-refractivity contribution in [1.29, 1.82) is 0 Å². The third kappa shape index (κ3) is 2.12. The van der Waals surface area contributed by atoms with Crippen molar-refractivity contribution in [3.05, 3.63) is 59.0 Å². The molecule has 1 unspecified atom stereocenters. The highest BCUT2D eigenvalue weighted by molar-refractivity contribution is 5.34. The fraction of sp³-hybridized carbons (Fsp3) is 0.286. The number of hydrogen-bond acceptors (Lipinski definition) is 3. The van der Waals surface area contributed by atoms with Crippen molar-refractivity contribution < 1.29 is 9.15 Å². The van der Waals surface area contributed by atoms with Crippen molar-refractivity contribution in [2.24, 2.45) is 5.73 Å². The van der Waals surface area contributed by atoms with E-state index < -0.39 is 0 Å². The van der Waals surface area contributed by atoms with Gasteiger partial charge < -0.3 is 14.9 Å². The summed E-state index contributed by atoms with van der Waals surface area (Å²) in [6, 6.07) is 10.2. The summed E-state index contributed by atoms with van der Waals surface area (Å²) in [4.78, 5) is 0. The van der Waals surface area contributed by atoms with E-state index in [4.69, 9.17) is 14.9 Å². The van der Waals surface area contributed by atoms with Gasteiger partial charge in [-0.2, -0.15) is 0 Å². The second-order valence-corrected chi connectivity index (χ2v) is 4.41.